The molecule has 0 saturated carbocycles. The van der Waals surface area contributed by atoms with Crippen molar-refractivity contribution < 1.29 is 14.3 Å². The van der Waals surface area contributed by atoms with Crippen molar-refractivity contribution >= 4 is 23.2 Å². The van der Waals surface area contributed by atoms with Gasteiger partial charge in [-0.15, -0.1) is 0 Å². The Kier molecular flexibility index (Phi) is 5.58. The Morgan fingerprint density at radius 1 is 0.964 bits per heavy atom. The molecular weight excluding hydrogens is 354 g/mol. The van der Waals surface area contributed by atoms with Gasteiger partial charge in [-0.1, -0.05) is 24.3 Å². The van der Waals surface area contributed by atoms with Crippen LogP contribution in [0.2, 0.25) is 0 Å². The molecule has 1 unspecified atom stereocenters. The standard InChI is InChI=1S/C22H25N3O3/c26-21(20-10-5-15-28-20)23-18-7-4-6-17(16-18)22(27)25-13-11-24(12-14-25)19-8-2-1-3-9-19/h1-4,6-9,16,20H,5,10-15H2,(H,23,26). The van der Waals surface area contributed by atoms with Gasteiger partial charge >= 0.3 is 0 Å². The second-order valence-electron chi connectivity index (χ2n) is 7.19. The van der Waals surface area contributed by atoms with Crippen LogP contribution >= 0.6 is 0 Å². The maximum Gasteiger partial charge on any atom is 0.254 e. The lowest BCUT2D eigenvalue weighted by Gasteiger charge is -2.36. The molecule has 0 spiro atoms. The second-order valence-corrected chi connectivity index (χ2v) is 7.19. The molecule has 2 aromatic carbocycles. The molecule has 6 heteroatoms. The number of ether oxygens (including phenoxy) is 1. The van der Waals surface area contributed by atoms with Crippen molar-refractivity contribution in [3.05, 3.63) is 60.2 Å². The Morgan fingerprint density at radius 2 is 1.75 bits per heavy atom. The Morgan fingerprint density at radius 3 is 2.46 bits per heavy atom. The first-order chi connectivity index (χ1) is 13.7. The molecule has 0 radical (unpaired) electrons. The fourth-order valence-corrected chi connectivity index (χ4v) is 3.73. The molecule has 4 rings (SSSR count). The van der Waals surface area contributed by atoms with Gasteiger partial charge in [-0.05, 0) is 43.2 Å². The molecule has 2 fully saturated rings. The van der Waals surface area contributed by atoms with E-state index in [0.717, 1.165) is 25.9 Å². The number of piperazine rings is 1. The number of para-hydroxylation sites is 1. The average Bonchev–Trinajstić information content (AvgIpc) is 3.29. The van der Waals surface area contributed by atoms with Crippen molar-refractivity contribution in [3.8, 4) is 0 Å². The van der Waals surface area contributed by atoms with Crippen LogP contribution in [0.4, 0.5) is 11.4 Å². The third-order valence-electron chi connectivity index (χ3n) is 5.29. The first-order valence-corrected chi connectivity index (χ1v) is 9.82. The van der Waals surface area contributed by atoms with E-state index >= 15 is 0 Å². The summed E-state index contributed by atoms with van der Waals surface area (Å²) in [5, 5.41) is 2.87. The van der Waals surface area contributed by atoms with Gasteiger partial charge in [-0.3, -0.25) is 9.59 Å². The number of carbonyl (C=O) groups excluding carboxylic acids is 2. The zero-order valence-electron chi connectivity index (χ0n) is 15.8. The molecule has 2 saturated heterocycles. The highest BCUT2D eigenvalue weighted by Gasteiger charge is 2.25. The van der Waals surface area contributed by atoms with Gasteiger partial charge in [0.15, 0.2) is 0 Å². The van der Waals surface area contributed by atoms with E-state index in [1.807, 2.05) is 23.1 Å². The normalized spacial score (nSPS) is 19.5. The molecular formula is C22H25N3O3. The summed E-state index contributed by atoms with van der Waals surface area (Å²) >= 11 is 0. The second kappa shape index (κ2) is 8.44. The minimum atomic E-state index is -0.384. The topological polar surface area (TPSA) is 61.9 Å². The third-order valence-corrected chi connectivity index (χ3v) is 5.29. The molecule has 1 atom stereocenters. The van der Waals surface area contributed by atoms with Gasteiger partial charge in [-0.25, -0.2) is 0 Å². The fraction of sp³-hybridized carbons (Fsp3) is 0.364. The van der Waals surface area contributed by atoms with E-state index in [4.69, 9.17) is 4.74 Å². The zero-order valence-corrected chi connectivity index (χ0v) is 15.8. The van der Waals surface area contributed by atoms with Crippen LogP contribution in [0.3, 0.4) is 0 Å². The van der Waals surface area contributed by atoms with E-state index < -0.39 is 0 Å². The van der Waals surface area contributed by atoms with Gasteiger partial charge in [0.2, 0.25) is 0 Å². The number of nitrogens with zero attached hydrogens (tertiary/aromatic N) is 2. The predicted octanol–water partition coefficient (Wildman–Crippen LogP) is 2.77. The van der Waals surface area contributed by atoms with Crippen LogP contribution in [-0.2, 0) is 9.53 Å². The number of amides is 2. The van der Waals surface area contributed by atoms with Gasteiger partial charge in [-0.2, -0.15) is 0 Å². The minimum Gasteiger partial charge on any atom is -0.368 e. The van der Waals surface area contributed by atoms with Crippen molar-refractivity contribution in [2.75, 3.05) is 43.0 Å². The third kappa shape index (κ3) is 4.17. The maximum atomic E-state index is 12.9. The molecule has 1 N–H and O–H groups in total. The van der Waals surface area contributed by atoms with Crippen molar-refractivity contribution in [2.24, 2.45) is 0 Å². The molecule has 2 amide bonds. The summed E-state index contributed by atoms with van der Waals surface area (Å²) in [6.07, 6.45) is 1.27. The summed E-state index contributed by atoms with van der Waals surface area (Å²) in [6, 6.07) is 17.4. The number of carbonyl (C=O) groups is 2. The van der Waals surface area contributed by atoms with Crippen LogP contribution < -0.4 is 10.2 Å². The number of nitrogens with one attached hydrogen (secondary N) is 1. The van der Waals surface area contributed by atoms with Crippen LogP contribution in [0.1, 0.15) is 23.2 Å². The highest BCUT2D eigenvalue weighted by atomic mass is 16.5. The van der Waals surface area contributed by atoms with Crippen LogP contribution in [0, 0.1) is 0 Å². The SMILES string of the molecule is O=C(Nc1cccc(C(=O)N2CCN(c3ccccc3)CC2)c1)C1CCCO1. The first kappa shape index (κ1) is 18.5. The van der Waals surface area contributed by atoms with E-state index in [1.165, 1.54) is 5.69 Å². The van der Waals surface area contributed by atoms with Crippen molar-refractivity contribution in [1.29, 1.82) is 0 Å². The highest BCUT2D eigenvalue weighted by Crippen LogP contribution is 2.19. The number of benzene rings is 2. The molecule has 2 heterocycles. The van der Waals surface area contributed by atoms with Gasteiger partial charge in [0.25, 0.3) is 11.8 Å². The summed E-state index contributed by atoms with van der Waals surface area (Å²) in [7, 11) is 0. The molecule has 6 nitrogen and oxygen atoms in total. The summed E-state index contributed by atoms with van der Waals surface area (Å²) in [5.74, 6) is -0.139. The van der Waals surface area contributed by atoms with Crippen molar-refractivity contribution in [2.45, 2.75) is 18.9 Å². The number of rotatable bonds is 4. The van der Waals surface area contributed by atoms with Gasteiger partial charge in [0, 0.05) is 49.7 Å². The van der Waals surface area contributed by atoms with Crippen LogP contribution in [0.25, 0.3) is 0 Å². The minimum absolute atomic E-state index is 0.000858. The number of anilines is 2. The number of hydrogen-bond acceptors (Lipinski definition) is 4. The molecule has 0 bridgehead atoms. The van der Waals surface area contributed by atoms with Crippen LogP contribution in [0.15, 0.2) is 54.6 Å². The Bertz CT molecular complexity index is 826. The summed E-state index contributed by atoms with van der Waals surface area (Å²) in [4.78, 5) is 29.3. The fourth-order valence-electron chi connectivity index (χ4n) is 3.73. The maximum absolute atomic E-state index is 12.9. The molecule has 28 heavy (non-hydrogen) atoms. The highest BCUT2D eigenvalue weighted by molar-refractivity contribution is 5.98. The van der Waals surface area contributed by atoms with Crippen molar-refractivity contribution in [1.82, 2.24) is 4.90 Å². The predicted molar refractivity (Wildman–Crippen MR) is 109 cm³/mol. The molecule has 0 aliphatic carbocycles. The lowest BCUT2D eigenvalue weighted by molar-refractivity contribution is -0.124. The van der Waals surface area contributed by atoms with Crippen molar-refractivity contribution in [3.63, 3.8) is 0 Å². The summed E-state index contributed by atoms with van der Waals surface area (Å²) in [6.45, 7) is 3.61. The lowest BCUT2D eigenvalue weighted by Crippen LogP contribution is -2.48. The largest absolute Gasteiger partial charge is 0.368 e. The van der Waals surface area contributed by atoms with E-state index in [-0.39, 0.29) is 17.9 Å². The van der Waals surface area contributed by atoms with E-state index in [9.17, 15) is 9.59 Å². The van der Waals surface area contributed by atoms with Crippen LogP contribution in [-0.4, -0.2) is 55.6 Å². The molecule has 2 aliphatic rings. The van der Waals surface area contributed by atoms with Gasteiger partial charge < -0.3 is 19.9 Å². The zero-order chi connectivity index (χ0) is 19.3. The first-order valence-electron chi connectivity index (χ1n) is 9.82. The Labute approximate surface area is 165 Å². The molecule has 146 valence electrons. The summed E-state index contributed by atoms with van der Waals surface area (Å²) in [5.41, 5.74) is 2.42. The molecule has 2 aliphatic heterocycles. The van der Waals surface area contributed by atoms with Crippen LogP contribution in [0.5, 0.6) is 0 Å². The smallest absolute Gasteiger partial charge is 0.254 e. The van der Waals surface area contributed by atoms with E-state index in [0.29, 0.717) is 30.9 Å². The van der Waals surface area contributed by atoms with Gasteiger partial charge in [0.1, 0.15) is 6.10 Å². The quantitative estimate of drug-likeness (QED) is 0.887. The monoisotopic (exact) mass is 379 g/mol. The Balaban J connectivity index is 1.36. The Hall–Kier alpha value is -2.86. The lowest BCUT2D eigenvalue weighted by atomic mass is 10.1. The van der Waals surface area contributed by atoms with E-state index in [2.05, 4.69) is 22.3 Å². The number of hydrogen-bond donors (Lipinski definition) is 1. The van der Waals surface area contributed by atoms with E-state index in [1.54, 1.807) is 24.3 Å². The molecule has 0 aromatic heterocycles. The van der Waals surface area contributed by atoms with Gasteiger partial charge in [0.05, 0.1) is 0 Å². The average molecular weight is 379 g/mol. The molecule has 2 aromatic rings. The summed E-state index contributed by atoms with van der Waals surface area (Å²) < 4.78 is 5.41.